The third-order valence-electron chi connectivity index (χ3n) is 1.74. The Morgan fingerprint density at radius 3 is 2.69 bits per heavy atom. The van der Waals surface area contributed by atoms with Gasteiger partial charge in [0.2, 0.25) is 0 Å². The van der Waals surface area contributed by atoms with Gasteiger partial charge < -0.3 is 9.47 Å². The van der Waals surface area contributed by atoms with Crippen LogP contribution in [0.25, 0.3) is 0 Å². The van der Waals surface area contributed by atoms with Crippen molar-refractivity contribution >= 4 is 23.4 Å². The summed E-state index contributed by atoms with van der Waals surface area (Å²) in [6, 6.07) is 4.95. The summed E-state index contributed by atoms with van der Waals surface area (Å²) in [6.45, 7) is 3.56. The molecule has 0 aliphatic heterocycles. The monoisotopic (exact) mass is 243 g/mol. The van der Waals surface area contributed by atoms with Crippen molar-refractivity contribution in [2.45, 2.75) is 20.0 Å². The van der Waals surface area contributed by atoms with Crippen LogP contribution in [-0.4, -0.2) is 19.3 Å². The lowest BCUT2D eigenvalue weighted by molar-refractivity contribution is 0.130. The topological polar surface area (TPSA) is 47.6 Å². The van der Waals surface area contributed by atoms with Gasteiger partial charge in [-0.25, -0.2) is 4.79 Å². The summed E-state index contributed by atoms with van der Waals surface area (Å²) < 4.78 is 9.96. The summed E-state index contributed by atoms with van der Waals surface area (Å²) in [4.78, 5) is 11.3. The first kappa shape index (κ1) is 12.6. The number of rotatable bonds is 3. The molecular formula is C11H14ClNO3. The second-order valence-corrected chi connectivity index (χ2v) is 3.84. The number of hydrogen-bond acceptors (Lipinski definition) is 3. The Morgan fingerprint density at radius 1 is 1.44 bits per heavy atom. The van der Waals surface area contributed by atoms with E-state index in [1.165, 1.54) is 7.11 Å². The Kier molecular flexibility index (Phi) is 4.43. The molecule has 0 saturated carbocycles. The molecule has 0 bridgehead atoms. The molecule has 1 aromatic rings. The molecule has 1 N–H and O–H groups in total. The van der Waals surface area contributed by atoms with Crippen molar-refractivity contribution in [2.24, 2.45) is 0 Å². The highest BCUT2D eigenvalue weighted by atomic mass is 35.5. The number of amides is 1. The SMILES string of the molecule is COc1cc(NC(=O)OC(C)C)ccc1Cl. The molecule has 0 radical (unpaired) electrons. The van der Waals surface area contributed by atoms with Crippen molar-refractivity contribution in [3.05, 3.63) is 23.2 Å². The fourth-order valence-electron chi connectivity index (χ4n) is 1.10. The van der Waals surface area contributed by atoms with Crippen molar-refractivity contribution in [3.63, 3.8) is 0 Å². The molecule has 0 fully saturated rings. The molecule has 0 saturated heterocycles. The van der Waals surface area contributed by atoms with Crippen LogP contribution in [0.4, 0.5) is 10.5 Å². The number of ether oxygens (including phenoxy) is 2. The van der Waals surface area contributed by atoms with E-state index in [0.717, 1.165) is 0 Å². The lowest BCUT2D eigenvalue weighted by atomic mass is 10.3. The number of methoxy groups -OCH3 is 1. The molecular weight excluding hydrogens is 230 g/mol. The molecule has 16 heavy (non-hydrogen) atoms. The molecule has 0 atom stereocenters. The molecule has 0 aliphatic rings. The first-order valence-electron chi connectivity index (χ1n) is 4.84. The summed E-state index contributed by atoms with van der Waals surface area (Å²) in [7, 11) is 1.51. The number of benzene rings is 1. The van der Waals surface area contributed by atoms with Gasteiger partial charge in [0.05, 0.1) is 18.2 Å². The van der Waals surface area contributed by atoms with Crippen LogP contribution in [0.2, 0.25) is 5.02 Å². The van der Waals surface area contributed by atoms with Crippen molar-refractivity contribution in [1.82, 2.24) is 0 Å². The summed E-state index contributed by atoms with van der Waals surface area (Å²) in [6.07, 6.45) is -0.659. The maximum atomic E-state index is 11.3. The molecule has 1 rings (SSSR count). The van der Waals surface area contributed by atoms with E-state index >= 15 is 0 Å². The minimum absolute atomic E-state index is 0.158. The van der Waals surface area contributed by atoms with Gasteiger partial charge in [-0.2, -0.15) is 0 Å². The average molecular weight is 244 g/mol. The van der Waals surface area contributed by atoms with Gasteiger partial charge in [-0.15, -0.1) is 0 Å². The predicted molar refractivity (Wildman–Crippen MR) is 63.2 cm³/mol. The van der Waals surface area contributed by atoms with E-state index in [2.05, 4.69) is 5.32 Å². The number of carbonyl (C=O) groups excluding carboxylic acids is 1. The second-order valence-electron chi connectivity index (χ2n) is 3.43. The van der Waals surface area contributed by atoms with Crippen LogP contribution in [0, 0.1) is 0 Å². The Balaban J connectivity index is 2.71. The number of anilines is 1. The fourth-order valence-corrected chi connectivity index (χ4v) is 1.29. The van der Waals surface area contributed by atoms with Gasteiger partial charge in [0.1, 0.15) is 5.75 Å². The number of hydrogen-bond donors (Lipinski definition) is 1. The Hall–Kier alpha value is -1.42. The normalized spacial score (nSPS) is 10.1. The van der Waals surface area contributed by atoms with E-state index in [-0.39, 0.29) is 6.10 Å². The van der Waals surface area contributed by atoms with Gasteiger partial charge in [0, 0.05) is 11.8 Å². The third kappa shape index (κ3) is 3.62. The first-order chi connectivity index (χ1) is 7.52. The molecule has 88 valence electrons. The van der Waals surface area contributed by atoms with Gasteiger partial charge in [0.15, 0.2) is 0 Å². The Morgan fingerprint density at radius 2 is 2.12 bits per heavy atom. The molecule has 1 amide bonds. The van der Waals surface area contributed by atoms with Crippen molar-refractivity contribution in [2.75, 3.05) is 12.4 Å². The third-order valence-corrected chi connectivity index (χ3v) is 2.05. The first-order valence-corrected chi connectivity index (χ1v) is 5.22. The van der Waals surface area contributed by atoms with Crippen LogP contribution in [0.1, 0.15) is 13.8 Å². The average Bonchev–Trinajstić information content (AvgIpc) is 2.19. The number of nitrogens with one attached hydrogen (secondary N) is 1. The molecule has 1 aromatic carbocycles. The smallest absolute Gasteiger partial charge is 0.411 e. The zero-order chi connectivity index (χ0) is 12.1. The van der Waals surface area contributed by atoms with E-state index in [4.69, 9.17) is 21.1 Å². The van der Waals surface area contributed by atoms with Gasteiger partial charge in [-0.3, -0.25) is 5.32 Å². The molecule has 0 aliphatic carbocycles. The predicted octanol–water partition coefficient (Wildman–Crippen LogP) is 3.31. The van der Waals surface area contributed by atoms with Crippen LogP contribution >= 0.6 is 11.6 Å². The van der Waals surface area contributed by atoms with E-state index < -0.39 is 6.09 Å². The Bertz CT molecular complexity index is 379. The standard InChI is InChI=1S/C11H14ClNO3/c1-7(2)16-11(14)13-8-4-5-9(12)10(6-8)15-3/h4-7H,1-3H3,(H,13,14). The highest BCUT2D eigenvalue weighted by Crippen LogP contribution is 2.27. The zero-order valence-corrected chi connectivity index (χ0v) is 10.2. The van der Waals surface area contributed by atoms with Crippen molar-refractivity contribution < 1.29 is 14.3 Å². The molecule has 0 heterocycles. The highest BCUT2D eigenvalue weighted by Gasteiger charge is 2.07. The molecule has 0 unspecified atom stereocenters. The van der Waals surface area contributed by atoms with Gasteiger partial charge >= 0.3 is 6.09 Å². The summed E-state index contributed by atoms with van der Waals surface area (Å²) in [5.41, 5.74) is 0.576. The van der Waals surface area contributed by atoms with Crippen LogP contribution in [-0.2, 0) is 4.74 Å². The van der Waals surface area contributed by atoms with E-state index in [1.54, 1.807) is 32.0 Å². The molecule has 0 aromatic heterocycles. The molecule has 5 heteroatoms. The lowest BCUT2D eigenvalue weighted by Gasteiger charge is -2.10. The second kappa shape index (κ2) is 5.61. The summed E-state index contributed by atoms with van der Waals surface area (Å²) in [5.74, 6) is 0.504. The van der Waals surface area contributed by atoms with Crippen LogP contribution in [0.5, 0.6) is 5.75 Å². The van der Waals surface area contributed by atoms with Crippen LogP contribution < -0.4 is 10.1 Å². The van der Waals surface area contributed by atoms with Gasteiger partial charge in [-0.1, -0.05) is 11.6 Å². The van der Waals surface area contributed by atoms with Gasteiger partial charge in [0.25, 0.3) is 0 Å². The highest BCUT2D eigenvalue weighted by molar-refractivity contribution is 6.32. The van der Waals surface area contributed by atoms with Crippen molar-refractivity contribution in [1.29, 1.82) is 0 Å². The van der Waals surface area contributed by atoms with Crippen LogP contribution in [0.15, 0.2) is 18.2 Å². The quantitative estimate of drug-likeness (QED) is 0.886. The number of carbonyl (C=O) groups is 1. The molecule has 4 nitrogen and oxygen atoms in total. The summed E-state index contributed by atoms with van der Waals surface area (Å²) >= 11 is 5.85. The largest absolute Gasteiger partial charge is 0.495 e. The maximum absolute atomic E-state index is 11.3. The van der Waals surface area contributed by atoms with E-state index in [9.17, 15) is 4.79 Å². The lowest BCUT2D eigenvalue weighted by Crippen LogP contribution is -2.17. The van der Waals surface area contributed by atoms with E-state index in [1.807, 2.05) is 0 Å². The maximum Gasteiger partial charge on any atom is 0.411 e. The summed E-state index contributed by atoms with van der Waals surface area (Å²) in [5, 5.41) is 3.07. The fraction of sp³-hybridized carbons (Fsp3) is 0.364. The minimum atomic E-state index is -0.501. The van der Waals surface area contributed by atoms with Gasteiger partial charge in [-0.05, 0) is 26.0 Å². The van der Waals surface area contributed by atoms with Crippen LogP contribution in [0.3, 0.4) is 0 Å². The Labute approximate surface area is 99.5 Å². The van der Waals surface area contributed by atoms with Crippen molar-refractivity contribution in [3.8, 4) is 5.75 Å². The molecule has 0 spiro atoms. The zero-order valence-electron chi connectivity index (χ0n) is 9.41. The number of halogens is 1. The minimum Gasteiger partial charge on any atom is -0.495 e. The van der Waals surface area contributed by atoms with E-state index in [0.29, 0.717) is 16.5 Å².